The summed E-state index contributed by atoms with van der Waals surface area (Å²) in [4.78, 5) is 2.42. The van der Waals surface area contributed by atoms with E-state index >= 15 is 0 Å². The van der Waals surface area contributed by atoms with Crippen molar-refractivity contribution < 1.29 is 4.39 Å². The first kappa shape index (κ1) is 14.6. The lowest BCUT2D eigenvalue weighted by molar-refractivity contribution is 0.569. The van der Waals surface area contributed by atoms with Crippen LogP contribution < -0.4 is 4.90 Å². The summed E-state index contributed by atoms with van der Waals surface area (Å²) in [5.41, 5.74) is 4.98. The average Bonchev–Trinajstić information content (AvgIpc) is 3.08. The van der Waals surface area contributed by atoms with E-state index in [1.807, 2.05) is 12.1 Å². The zero-order valence-corrected chi connectivity index (χ0v) is 13.4. The van der Waals surface area contributed by atoms with Crippen LogP contribution in [0.15, 0.2) is 24.3 Å². The maximum atomic E-state index is 13.1. The fraction of sp³-hybridized carbons (Fsp3) is 0.474. The first-order valence-corrected chi connectivity index (χ1v) is 8.68. The first-order valence-electron chi connectivity index (χ1n) is 8.68. The summed E-state index contributed by atoms with van der Waals surface area (Å²) in [6, 6.07) is 6.73. The molecule has 4 rings (SSSR count). The molecule has 2 aliphatic rings. The lowest BCUT2D eigenvalue weighted by Crippen LogP contribution is -2.31. The van der Waals surface area contributed by atoms with Crippen molar-refractivity contribution >= 4 is 5.82 Å². The van der Waals surface area contributed by atoms with Crippen LogP contribution in [0.1, 0.15) is 48.1 Å². The summed E-state index contributed by atoms with van der Waals surface area (Å²) in [6.07, 6.45) is 8.00. The molecule has 0 radical (unpaired) electrons. The van der Waals surface area contributed by atoms with Crippen molar-refractivity contribution in [1.82, 2.24) is 10.2 Å². The van der Waals surface area contributed by atoms with Crippen LogP contribution >= 0.6 is 0 Å². The van der Waals surface area contributed by atoms with E-state index in [0.29, 0.717) is 0 Å². The Morgan fingerprint density at radius 3 is 2.39 bits per heavy atom. The minimum absolute atomic E-state index is 0.189. The first-order chi connectivity index (χ1) is 11.3. The monoisotopic (exact) mass is 311 g/mol. The van der Waals surface area contributed by atoms with Gasteiger partial charge in [0.1, 0.15) is 5.82 Å². The normalized spacial score (nSPS) is 17.3. The molecule has 0 unspecified atom stereocenters. The van der Waals surface area contributed by atoms with E-state index in [1.165, 1.54) is 48.9 Å². The quantitative estimate of drug-likeness (QED) is 0.866. The van der Waals surface area contributed by atoms with Crippen LogP contribution in [0.25, 0.3) is 0 Å². The highest BCUT2D eigenvalue weighted by Crippen LogP contribution is 2.33. The Morgan fingerprint density at radius 2 is 1.61 bits per heavy atom. The molecule has 1 aliphatic carbocycles. The van der Waals surface area contributed by atoms with Gasteiger partial charge in [0.25, 0.3) is 0 Å². The molecule has 2 aromatic rings. The summed E-state index contributed by atoms with van der Waals surface area (Å²) in [6.45, 7) is 2.22. The van der Waals surface area contributed by atoms with Crippen LogP contribution in [0.3, 0.4) is 0 Å². The topological polar surface area (TPSA) is 29.0 Å². The van der Waals surface area contributed by atoms with E-state index < -0.39 is 0 Å². The smallest absolute Gasteiger partial charge is 0.154 e. The molecular formula is C19H22FN3. The van der Waals surface area contributed by atoms with Gasteiger partial charge in [0.15, 0.2) is 5.82 Å². The predicted molar refractivity (Wildman–Crippen MR) is 89.3 cm³/mol. The third-order valence-electron chi connectivity index (χ3n) is 5.04. The molecule has 0 saturated carbocycles. The van der Waals surface area contributed by atoms with Gasteiger partial charge in [-0.1, -0.05) is 12.1 Å². The van der Waals surface area contributed by atoms with E-state index in [0.717, 1.165) is 49.4 Å². The Morgan fingerprint density at radius 1 is 0.870 bits per heavy atom. The molecule has 0 amide bonds. The third-order valence-corrected chi connectivity index (χ3v) is 5.04. The second-order valence-corrected chi connectivity index (χ2v) is 6.63. The number of hydrogen-bond donors (Lipinski definition) is 0. The Hall–Kier alpha value is -1.97. The molecule has 0 atom stereocenters. The fourth-order valence-electron chi connectivity index (χ4n) is 3.83. The van der Waals surface area contributed by atoms with E-state index in [1.54, 1.807) is 0 Å². The molecule has 0 spiro atoms. The molecule has 0 bridgehead atoms. The number of halogens is 1. The zero-order chi connectivity index (χ0) is 15.6. The predicted octanol–water partition coefficient (Wildman–Crippen LogP) is 3.69. The number of fused-ring (bicyclic) bond motifs is 1. The molecule has 1 aromatic carbocycles. The highest BCUT2D eigenvalue weighted by Gasteiger charge is 2.25. The second kappa shape index (κ2) is 6.26. The summed E-state index contributed by atoms with van der Waals surface area (Å²) in [5, 5.41) is 9.15. The maximum Gasteiger partial charge on any atom is 0.154 e. The average molecular weight is 311 g/mol. The molecule has 1 aromatic heterocycles. The molecule has 1 saturated heterocycles. The van der Waals surface area contributed by atoms with Crippen LogP contribution in [0.5, 0.6) is 0 Å². The SMILES string of the molecule is Fc1ccc(Cc2nnc(N3CCCCC3)c3c2CCC3)cc1. The molecule has 0 N–H and O–H groups in total. The number of aromatic nitrogens is 2. The number of nitrogens with zero attached hydrogens (tertiary/aromatic N) is 3. The van der Waals surface area contributed by atoms with Gasteiger partial charge in [-0.15, -0.1) is 5.10 Å². The van der Waals surface area contributed by atoms with Gasteiger partial charge in [0.05, 0.1) is 5.69 Å². The Balaban J connectivity index is 1.64. The van der Waals surface area contributed by atoms with E-state index in [4.69, 9.17) is 0 Å². The number of rotatable bonds is 3. The van der Waals surface area contributed by atoms with Crippen LogP contribution in [0, 0.1) is 5.82 Å². The molecule has 23 heavy (non-hydrogen) atoms. The molecule has 120 valence electrons. The van der Waals surface area contributed by atoms with Crippen LogP contribution in [0.4, 0.5) is 10.2 Å². The summed E-state index contributed by atoms with van der Waals surface area (Å²) in [5.74, 6) is 0.936. The Bertz CT molecular complexity index is 691. The number of hydrogen-bond acceptors (Lipinski definition) is 3. The number of piperidine rings is 1. The van der Waals surface area contributed by atoms with Crippen LogP contribution in [-0.2, 0) is 19.3 Å². The van der Waals surface area contributed by atoms with Crippen molar-refractivity contribution in [2.24, 2.45) is 0 Å². The van der Waals surface area contributed by atoms with Gasteiger partial charge in [0.2, 0.25) is 0 Å². The van der Waals surface area contributed by atoms with E-state index in [9.17, 15) is 4.39 Å². The molecular weight excluding hydrogens is 289 g/mol. The zero-order valence-electron chi connectivity index (χ0n) is 13.4. The van der Waals surface area contributed by atoms with E-state index in [2.05, 4.69) is 15.1 Å². The van der Waals surface area contributed by atoms with Gasteiger partial charge in [0, 0.05) is 25.1 Å². The van der Waals surface area contributed by atoms with Gasteiger partial charge < -0.3 is 4.90 Å². The lowest BCUT2D eigenvalue weighted by atomic mass is 10.0. The molecule has 2 heterocycles. The summed E-state index contributed by atoms with van der Waals surface area (Å²) >= 11 is 0. The van der Waals surface area contributed by atoms with Crippen LogP contribution in [-0.4, -0.2) is 23.3 Å². The van der Waals surface area contributed by atoms with Crippen molar-refractivity contribution in [1.29, 1.82) is 0 Å². The third kappa shape index (κ3) is 2.94. The fourth-order valence-corrected chi connectivity index (χ4v) is 3.83. The van der Waals surface area contributed by atoms with Gasteiger partial charge in [-0.3, -0.25) is 0 Å². The van der Waals surface area contributed by atoms with E-state index in [-0.39, 0.29) is 5.82 Å². The highest BCUT2D eigenvalue weighted by atomic mass is 19.1. The van der Waals surface area contributed by atoms with Crippen molar-refractivity contribution in [3.63, 3.8) is 0 Å². The van der Waals surface area contributed by atoms with Crippen molar-refractivity contribution in [3.8, 4) is 0 Å². The highest BCUT2D eigenvalue weighted by molar-refractivity contribution is 5.54. The van der Waals surface area contributed by atoms with Gasteiger partial charge >= 0.3 is 0 Å². The lowest BCUT2D eigenvalue weighted by Gasteiger charge is -2.29. The van der Waals surface area contributed by atoms with Gasteiger partial charge in [-0.05, 0) is 61.8 Å². The van der Waals surface area contributed by atoms with Gasteiger partial charge in [-0.2, -0.15) is 5.10 Å². The Labute approximate surface area is 136 Å². The molecule has 1 aliphatic heterocycles. The van der Waals surface area contributed by atoms with Crippen molar-refractivity contribution in [3.05, 3.63) is 52.5 Å². The molecule has 4 heteroatoms. The van der Waals surface area contributed by atoms with Crippen LogP contribution in [0.2, 0.25) is 0 Å². The van der Waals surface area contributed by atoms with Crippen molar-refractivity contribution in [2.45, 2.75) is 44.9 Å². The summed E-state index contributed by atoms with van der Waals surface area (Å²) in [7, 11) is 0. The van der Waals surface area contributed by atoms with Gasteiger partial charge in [-0.25, -0.2) is 4.39 Å². The summed E-state index contributed by atoms with van der Waals surface area (Å²) < 4.78 is 13.1. The standard InChI is InChI=1S/C19H22FN3/c20-15-9-7-14(8-10-15)13-18-16-5-4-6-17(16)19(22-21-18)23-11-2-1-3-12-23/h7-10H,1-6,11-13H2. The minimum Gasteiger partial charge on any atom is -0.355 e. The van der Waals surface area contributed by atoms with Crippen molar-refractivity contribution in [2.75, 3.05) is 18.0 Å². The maximum absolute atomic E-state index is 13.1. The molecule has 1 fully saturated rings. The minimum atomic E-state index is -0.189. The Kier molecular flexibility index (Phi) is 3.98. The largest absolute Gasteiger partial charge is 0.355 e. The number of benzene rings is 1. The molecule has 3 nitrogen and oxygen atoms in total. The number of anilines is 1. The second-order valence-electron chi connectivity index (χ2n) is 6.63.